The minimum atomic E-state index is 0.184. The van der Waals surface area contributed by atoms with Crippen molar-refractivity contribution in [2.24, 2.45) is 5.92 Å². The Morgan fingerprint density at radius 2 is 1.79 bits per heavy atom. The zero-order chi connectivity index (χ0) is 27.8. The number of hydrogen-bond donors (Lipinski definition) is 1. The first kappa shape index (κ1) is 28.9. The number of nitrogens with zero attached hydrogens (tertiary/aromatic N) is 2. The number of likely N-dealkylation sites (tertiary alicyclic amines) is 1. The maximum absolute atomic E-state index is 12.2. The number of aromatic nitrogens is 1. The molecule has 1 saturated carbocycles. The fourth-order valence-electron chi connectivity index (χ4n) is 5.63. The van der Waals surface area contributed by atoms with Crippen LogP contribution in [0.3, 0.4) is 0 Å². The van der Waals surface area contributed by atoms with E-state index in [9.17, 15) is 4.79 Å². The number of amides is 1. The summed E-state index contributed by atoms with van der Waals surface area (Å²) in [6.45, 7) is 13.8. The molecule has 1 amide bonds. The highest BCUT2D eigenvalue weighted by atomic mass is 16.2. The van der Waals surface area contributed by atoms with Gasteiger partial charge in [0.25, 0.3) is 0 Å². The summed E-state index contributed by atoms with van der Waals surface area (Å²) < 4.78 is 2.46. The Labute approximate surface area is 235 Å². The minimum Gasteiger partial charge on any atom is -0.340 e. The Morgan fingerprint density at radius 3 is 2.51 bits per heavy atom. The van der Waals surface area contributed by atoms with E-state index in [4.69, 9.17) is 0 Å². The first-order chi connectivity index (χ1) is 19.0. The second-order valence-corrected chi connectivity index (χ2v) is 10.9. The third-order valence-corrected chi connectivity index (χ3v) is 8.27. The van der Waals surface area contributed by atoms with Crippen molar-refractivity contribution in [3.05, 3.63) is 89.7 Å². The summed E-state index contributed by atoms with van der Waals surface area (Å²) in [7, 11) is 0. The molecule has 1 saturated heterocycles. The average Bonchev–Trinajstić information content (AvgIpc) is 3.77. The van der Waals surface area contributed by atoms with Crippen molar-refractivity contribution >= 4 is 22.5 Å². The van der Waals surface area contributed by atoms with Gasteiger partial charge >= 0.3 is 0 Å². The third-order valence-electron chi connectivity index (χ3n) is 8.27. The smallest absolute Gasteiger partial charge is 0.227 e. The van der Waals surface area contributed by atoms with Gasteiger partial charge in [0.2, 0.25) is 5.91 Å². The molecule has 1 unspecified atom stereocenters. The first-order valence-corrected chi connectivity index (χ1v) is 15.0. The number of para-hydroxylation sites is 1. The van der Waals surface area contributed by atoms with Crippen LogP contribution in [0.2, 0.25) is 0 Å². The summed E-state index contributed by atoms with van der Waals surface area (Å²) in [5.41, 5.74) is 6.46. The second-order valence-electron chi connectivity index (χ2n) is 10.9. The molecule has 208 valence electrons. The molecule has 1 aliphatic carbocycles. The van der Waals surface area contributed by atoms with E-state index in [1.165, 1.54) is 27.6 Å². The number of rotatable bonds is 9. The molecule has 1 aromatic heterocycles. The maximum Gasteiger partial charge on any atom is 0.227 e. The van der Waals surface area contributed by atoms with Crippen molar-refractivity contribution in [2.75, 3.05) is 18.4 Å². The minimum absolute atomic E-state index is 0.184. The number of fused-ring (bicyclic) bond motifs is 1. The van der Waals surface area contributed by atoms with Crippen LogP contribution in [0.5, 0.6) is 0 Å². The maximum atomic E-state index is 12.2. The Hall–Kier alpha value is -3.11. The van der Waals surface area contributed by atoms with Gasteiger partial charge in [-0.25, -0.2) is 0 Å². The van der Waals surface area contributed by atoms with E-state index in [1.54, 1.807) is 0 Å². The lowest BCUT2D eigenvalue weighted by atomic mass is 9.89. The number of allylic oxidation sites excluding steroid dienone is 4. The Balaban J connectivity index is 0.00000172. The molecule has 2 fully saturated rings. The molecular formula is C35H47N3O. The van der Waals surface area contributed by atoms with Crippen molar-refractivity contribution in [1.82, 2.24) is 9.47 Å². The molecule has 5 rings (SSSR count). The van der Waals surface area contributed by atoms with Crippen molar-refractivity contribution < 1.29 is 4.79 Å². The predicted molar refractivity (Wildman–Crippen MR) is 166 cm³/mol. The van der Waals surface area contributed by atoms with Crippen molar-refractivity contribution in [3.8, 4) is 0 Å². The van der Waals surface area contributed by atoms with Gasteiger partial charge in [-0.05, 0) is 101 Å². The SMILES string of the molecule is C/C=C\C/C=C(/C)C(C)n1cc(CN2CCC(c3cccc(NC(=O)C4CC4)c3)CC2)c2ccccc21.CC. The Kier molecular flexibility index (Phi) is 10.2. The molecule has 2 aliphatic rings. The summed E-state index contributed by atoms with van der Waals surface area (Å²) in [6.07, 6.45) is 14.4. The lowest BCUT2D eigenvalue weighted by Crippen LogP contribution is -2.32. The van der Waals surface area contributed by atoms with Crippen LogP contribution in [0.4, 0.5) is 5.69 Å². The van der Waals surface area contributed by atoms with Crippen molar-refractivity contribution in [2.45, 2.75) is 85.2 Å². The number of anilines is 1. The van der Waals surface area contributed by atoms with Crippen LogP contribution >= 0.6 is 0 Å². The van der Waals surface area contributed by atoms with Crippen LogP contribution in [0.25, 0.3) is 10.9 Å². The number of benzene rings is 2. The van der Waals surface area contributed by atoms with E-state index < -0.39 is 0 Å². The molecule has 4 heteroatoms. The van der Waals surface area contributed by atoms with Gasteiger partial charge in [0.1, 0.15) is 0 Å². The quantitative estimate of drug-likeness (QED) is 0.283. The Morgan fingerprint density at radius 1 is 1.05 bits per heavy atom. The average molecular weight is 526 g/mol. The lowest BCUT2D eigenvalue weighted by molar-refractivity contribution is -0.117. The van der Waals surface area contributed by atoms with E-state index in [1.807, 2.05) is 19.9 Å². The van der Waals surface area contributed by atoms with Crippen LogP contribution in [0.15, 0.2) is 78.5 Å². The molecule has 3 aromatic rings. The van der Waals surface area contributed by atoms with Gasteiger partial charge in [0, 0.05) is 35.2 Å². The fraction of sp³-hybridized carbons (Fsp3) is 0.457. The highest BCUT2D eigenvalue weighted by molar-refractivity contribution is 5.94. The van der Waals surface area contributed by atoms with E-state index in [0.29, 0.717) is 12.0 Å². The molecule has 0 radical (unpaired) electrons. The molecule has 1 aliphatic heterocycles. The van der Waals surface area contributed by atoms with E-state index >= 15 is 0 Å². The molecule has 39 heavy (non-hydrogen) atoms. The van der Waals surface area contributed by atoms with Gasteiger partial charge in [-0.15, -0.1) is 0 Å². The number of piperidine rings is 1. The topological polar surface area (TPSA) is 37.3 Å². The van der Waals surface area contributed by atoms with E-state index in [-0.39, 0.29) is 11.8 Å². The number of carbonyl (C=O) groups excluding carboxylic acids is 1. The van der Waals surface area contributed by atoms with Crippen LogP contribution in [0.1, 0.15) is 89.8 Å². The lowest BCUT2D eigenvalue weighted by Gasteiger charge is -2.32. The predicted octanol–water partition coefficient (Wildman–Crippen LogP) is 8.87. The molecule has 4 nitrogen and oxygen atoms in total. The monoisotopic (exact) mass is 525 g/mol. The van der Waals surface area contributed by atoms with Gasteiger partial charge in [0.15, 0.2) is 0 Å². The zero-order valence-corrected chi connectivity index (χ0v) is 24.6. The normalized spacial score (nSPS) is 17.7. The van der Waals surface area contributed by atoms with Crippen molar-refractivity contribution in [1.29, 1.82) is 0 Å². The van der Waals surface area contributed by atoms with Crippen LogP contribution < -0.4 is 5.32 Å². The van der Waals surface area contributed by atoms with Gasteiger partial charge in [0.05, 0.1) is 6.04 Å². The van der Waals surface area contributed by atoms with E-state index in [0.717, 1.165) is 57.4 Å². The van der Waals surface area contributed by atoms with Gasteiger partial charge in [-0.3, -0.25) is 9.69 Å². The molecule has 2 heterocycles. The number of carbonyl (C=O) groups is 1. The molecule has 1 N–H and O–H groups in total. The van der Waals surface area contributed by atoms with Crippen LogP contribution in [-0.2, 0) is 11.3 Å². The first-order valence-electron chi connectivity index (χ1n) is 15.0. The van der Waals surface area contributed by atoms with Crippen molar-refractivity contribution in [3.63, 3.8) is 0 Å². The summed E-state index contributed by atoms with van der Waals surface area (Å²) >= 11 is 0. The molecule has 1 atom stereocenters. The fourth-order valence-corrected chi connectivity index (χ4v) is 5.63. The number of nitrogens with one attached hydrogen (secondary N) is 1. The summed E-state index contributed by atoms with van der Waals surface area (Å²) in [5, 5.41) is 4.49. The van der Waals surface area contributed by atoms with Gasteiger partial charge in [-0.2, -0.15) is 0 Å². The van der Waals surface area contributed by atoms with Crippen LogP contribution in [0, 0.1) is 5.92 Å². The molecule has 0 bridgehead atoms. The van der Waals surface area contributed by atoms with E-state index in [2.05, 4.69) is 102 Å². The molecular weight excluding hydrogens is 478 g/mol. The summed E-state index contributed by atoms with van der Waals surface area (Å²) in [5.74, 6) is 0.975. The third kappa shape index (κ3) is 7.30. The highest BCUT2D eigenvalue weighted by Gasteiger charge is 2.30. The Bertz CT molecular complexity index is 1290. The summed E-state index contributed by atoms with van der Waals surface area (Å²) in [6, 6.07) is 17.7. The standard InChI is InChI=1S/C33H41N3O.C2H6/c1-4-5-6-10-24(2)25(3)36-23-29(31-13-7-8-14-32(31)36)22-35-19-17-26(18-20-35)28-11-9-12-30(21-28)34-33(37)27-15-16-27;1-2/h4-5,7-14,21,23,25-27H,6,15-20,22H2,1-3H3,(H,34,37);1-2H3/b5-4-,24-10-;. The van der Waals surface area contributed by atoms with Gasteiger partial charge < -0.3 is 9.88 Å². The highest BCUT2D eigenvalue weighted by Crippen LogP contribution is 2.34. The molecule has 2 aromatic carbocycles. The van der Waals surface area contributed by atoms with Gasteiger partial charge in [-0.1, -0.05) is 68.0 Å². The summed E-state index contributed by atoms with van der Waals surface area (Å²) in [4.78, 5) is 14.8. The number of hydrogen-bond acceptors (Lipinski definition) is 2. The zero-order valence-electron chi connectivity index (χ0n) is 24.6. The molecule has 0 spiro atoms. The largest absolute Gasteiger partial charge is 0.340 e. The van der Waals surface area contributed by atoms with Crippen LogP contribution in [-0.4, -0.2) is 28.5 Å². The second kappa shape index (κ2) is 13.8.